The zero-order valence-electron chi connectivity index (χ0n) is 13.6. The average Bonchev–Trinajstić information content (AvgIpc) is 3.12. The first kappa shape index (κ1) is 17.6. The fourth-order valence-corrected chi connectivity index (χ4v) is 3.21. The van der Waals surface area contributed by atoms with Gasteiger partial charge in [-0.1, -0.05) is 6.07 Å². The minimum atomic E-state index is -4.08. The maximum Gasteiger partial charge on any atom is 0.283 e. The van der Waals surface area contributed by atoms with Gasteiger partial charge in [0.15, 0.2) is 0 Å². The normalized spacial score (nSPS) is 11.2. The van der Waals surface area contributed by atoms with Gasteiger partial charge in [-0.15, -0.1) is 0 Å². The highest BCUT2D eigenvalue weighted by Gasteiger charge is 2.21. The van der Waals surface area contributed by atoms with Gasteiger partial charge in [-0.2, -0.15) is 5.10 Å². The number of hydrogen-bond acceptors (Lipinski definition) is 5. The molecule has 0 unspecified atom stereocenters. The van der Waals surface area contributed by atoms with Crippen molar-refractivity contribution in [3.05, 3.63) is 66.1 Å². The number of benzene rings is 2. The molecule has 1 aromatic heterocycles. The zero-order valence-corrected chi connectivity index (χ0v) is 14.4. The Morgan fingerprint density at radius 3 is 2.58 bits per heavy atom. The van der Waals surface area contributed by atoms with Crippen molar-refractivity contribution in [2.75, 3.05) is 7.11 Å². The third-order valence-corrected chi connectivity index (χ3v) is 4.87. The van der Waals surface area contributed by atoms with Crippen molar-refractivity contribution in [2.45, 2.75) is 4.90 Å². The van der Waals surface area contributed by atoms with Gasteiger partial charge >= 0.3 is 0 Å². The summed E-state index contributed by atoms with van der Waals surface area (Å²) >= 11 is 0. The highest BCUT2D eigenvalue weighted by Crippen LogP contribution is 2.19. The Hall–Kier alpha value is -3.20. The first-order chi connectivity index (χ1) is 12.4. The number of aromatic nitrogens is 2. The fourth-order valence-electron chi connectivity index (χ4n) is 2.21. The fraction of sp³-hybridized carbons (Fsp3) is 0.0588. The Morgan fingerprint density at radius 1 is 1.15 bits per heavy atom. The first-order valence-corrected chi connectivity index (χ1v) is 8.90. The third-order valence-electron chi connectivity index (χ3n) is 3.54. The van der Waals surface area contributed by atoms with Crippen molar-refractivity contribution in [3.63, 3.8) is 0 Å². The number of amides is 1. The number of methoxy groups -OCH3 is 1. The predicted octanol–water partition coefficient (Wildman–Crippen LogP) is 2.34. The zero-order chi connectivity index (χ0) is 18.7. The standard InChI is InChI=1S/C17H14FN3O4S/c1-25-13-3-2-4-14(9-13)26(23,24)21-17(22)16-10-15(19-20-16)11-5-7-12(18)8-6-11/h2-10H,1H3,(H,19,20)(H,21,22). The molecule has 3 aromatic rings. The Bertz CT molecular complexity index is 1050. The highest BCUT2D eigenvalue weighted by atomic mass is 32.2. The van der Waals surface area contributed by atoms with Crippen LogP contribution in [0.15, 0.2) is 59.5 Å². The summed E-state index contributed by atoms with van der Waals surface area (Å²) in [7, 11) is -2.67. The number of aromatic amines is 1. The lowest BCUT2D eigenvalue weighted by molar-refractivity contribution is 0.0976. The van der Waals surface area contributed by atoms with Gasteiger partial charge in [0, 0.05) is 11.6 Å². The van der Waals surface area contributed by atoms with Gasteiger partial charge < -0.3 is 4.74 Å². The maximum absolute atomic E-state index is 13.0. The molecule has 0 saturated heterocycles. The number of carbonyl (C=O) groups is 1. The molecule has 26 heavy (non-hydrogen) atoms. The summed E-state index contributed by atoms with van der Waals surface area (Å²) in [5.74, 6) is -0.916. The van der Waals surface area contributed by atoms with E-state index >= 15 is 0 Å². The number of sulfonamides is 1. The SMILES string of the molecule is COc1cccc(S(=O)(=O)NC(=O)c2cc(-c3ccc(F)cc3)n[nH]2)c1. The summed E-state index contributed by atoms with van der Waals surface area (Å²) in [6, 6.07) is 12.6. The molecular weight excluding hydrogens is 361 g/mol. The molecule has 0 bridgehead atoms. The van der Waals surface area contributed by atoms with Gasteiger partial charge in [0.2, 0.25) is 0 Å². The van der Waals surface area contributed by atoms with Crippen molar-refractivity contribution >= 4 is 15.9 Å². The molecule has 0 radical (unpaired) electrons. The topological polar surface area (TPSA) is 101 Å². The van der Waals surface area contributed by atoms with Crippen LogP contribution in [-0.2, 0) is 10.0 Å². The molecule has 0 atom stereocenters. The molecule has 1 amide bonds. The monoisotopic (exact) mass is 375 g/mol. The molecule has 134 valence electrons. The lowest BCUT2D eigenvalue weighted by atomic mass is 10.1. The Labute approximate surface area is 148 Å². The lowest BCUT2D eigenvalue weighted by Crippen LogP contribution is -2.30. The third kappa shape index (κ3) is 3.72. The first-order valence-electron chi connectivity index (χ1n) is 7.41. The van der Waals surface area contributed by atoms with Gasteiger partial charge in [-0.25, -0.2) is 17.5 Å². The number of carbonyl (C=O) groups excluding carboxylic acids is 1. The molecule has 7 nitrogen and oxygen atoms in total. The Morgan fingerprint density at radius 2 is 1.88 bits per heavy atom. The van der Waals surface area contributed by atoms with Crippen molar-refractivity contribution in [3.8, 4) is 17.0 Å². The molecule has 2 N–H and O–H groups in total. The van der Waals surface area contributed by atoms with Crippen LogP contribution in [0.4, 0.5) is 4.39 Å². The van der Waals surface area contributed by atoms with Gasteiger partial charge in [-0.05, 0) is 42.5 Å². The molecule has 1 heterocycles. The van der Waals surface area contributed by atoms with Crippen molar-refractivity contribution in [1.82, 2.24) is 14.9 Å². The van der Waals surface area contributed by atoms with E-state index in [1.165, 1.54) is 55.6 Å². The van der Waals surface area contributed by atoms with Crippen molar-refractivity contribution < 1.29 is 22.3 Å². The van der Waals surface area contributed by atoms with E-state index in [0.717, 1.165) is 0 Å². The second-order valence-electron chi connectivity index (χ2n) is 5.29. The molecular formula is C17H14FN3O4S. The van der Waals surface area contributed by atoms with E-state index in [-0.39, 0.29) is 10.6 Å². The van der Waals surface area contributed by atoms with E-state index in [9.17, 15) is 17.6 Å². The van der Waals surface area contributed by atoms with Gasteiger partial charge in [0.25, 0.3) is 15.9 Å². The summed E-state index contributed by atoms with van der Waals surface area (Å²) in [4.78, 5) is 12.1. The lowest BCUT2D eigenvalue weighted by Gasteiger charge is -2.07. The van der Waals surface area contributed by atoms with Crippen molar-refractivity contribution in [1.29, 1.82) is 0 Å². The second-order valence-corrected chi connectivity index (χ2v) is 6.97. The van der Waals surface area contributed by atoms with E-state index < -0.39 is 21.7 Å². The summed E-state index contributed by atoms with van der Waals surface area (Å²) < 4.78 is 44.6. The van der Waals surface area contributed by atoms with Gasteiger partial charge in [0.1, 0.15) is 17.3 Å². The van der Waals surface area contributed by atoms with E-state index in [4.69, 9.17) is 4.74 Å². The van der Waals surface area contributed by atoms with Crippen LogP contribution >= 0.6 is 0 Å². The average molecular weight is 375 g/mol. The molecule has 0 fully saturated rings. The van der Waals surface area contributed by atoms with Crippen LogP contribution in [0, 0.1) is 5.82 Å². The van der Waals surface area contributed by atoms with Crippen LogP contribution in [0.1, 0.15) is 10.5 Å². The molecule has 9 heteroatoms. The van der Waals surface area contributed by atoms with Crippen LogP contribution < -0.4 is 9.46 Å². The number of H-pyrrole nitrogens is 1. The number of halogens is 1. The predicted molar refractivity (Wildman–Crippen MR) is 91.6 cm³/mol. The number of nitrogens with one attached hydrogen (secondary N) is 2. The number of rotatable bonds is 5. The minimum Gasteiger partial charge on any atom is -0.497 e. The van der Waals surface area contributed by atoms with Crippen LogP contribution in [0.25, 0.3) is 11.3 Å². The van der Waals surface area contributed by atoms with Crippen molar-refractivity contribution in [2.24, 2.45) is 0 Å². The molecule has 0 aliphatic heterocycles. The summed E-state index contributed by atoms with van der Waals surface area (Å²) in [6.07, 6.45) is 0. The maximum atomic E-state index is 13.0. The molecule has 0 aliphatic rings. The minimum absolute atomic E-state index is 0.0456. The van der Waals surface area contributed by atoms with Gasteiger partial charge in [0.05, 0.1) is 17.7 Å². The van der Waals surface area contributed by atoms with Crippen LogP contribution in [-0.4, -0.2) is 31.6 Å². The quantitative estimate of drug-likeness (QED) is 0.713. The second kappa shape index (κ2) is 6.96. The molecule has 3 rings (SSSR count). The molecule has 0 spiro atoms. The largest absolute Gasteiger partial charge is 0.497 e. The smallest absolute Gasteiger partial charge is 0.283 e. The van der Waals surface area contributed by atoms with E-state index in [1.807, 2.05) is 4.72 Å². The van der Waals surface area contributed by atoms with E-state index in [2.05, 4.69) is 10.2 Å². The number of ether oxygens (including phenoxy) is 1. The highest BCUT2D eigenvalue weighted by molar-refractivity contribution is 7.90. The van der Waals surface area contributed by atoms with Gasteiger partial charge in [-0.3, -0.25) is 9.89 Å². The molecule has 2 aromatic carbocycles. The Balaban J connectivity index is 1.80. The summed E-state index contributed by atoms with van der Waals surface area (Å²) in [5.41, 5.74) is 0.919. The van der Waals surface area contributed by atoms with Crippen LogP contribution in [0.5, 0.6) is 5.75 Å². The number of hydrogen-bond donors (Lipinski definition) is 2. The molecule has 0 saturated carbocycles. The summed E-state index contributed by atoms with van der Waals surface area (Å²) in [5, 5.41) is 6.41. The van der Waals surface area contributed by atoms with E-state index in [0.29, 0.717) is 17.0 Å². The molecule has 0 aliphatic carbocycles. The van der Waals surface area contributed by atoms with E-state index in [1.54, 1.807) is 6.07 Å². The van der Waals surface area contributed by atoms with Crippen LogP contribution in [0.2, 0.25) is 0 Å². The van der Waals surface area contributed by atoms with Crippen LogP contribution in [0.3, 0.4) is 0 Å². The number of nitrogens with zero attached hydrogens (tertiary/aromatic N) is 1. The summed E-state index contributed by atoms with van der Waals surface area (Å²) in [6.45, 7) is 0. The Kier molecular flexibility index (Phi) is 4.72.